The lowest BCUT2D eigenvalue weighted by molar-refractivity contribution is 0.115. The number of benzene rings is 1. The van der Waals surface area contributed by atoms with Gasteiger partial charge in [0.05, 0.1) is 19.8 Å². The minimum Gasteiger partial charge on any atom is -0.490 e. The highest BCUT2D eigenvalue weighted by atomic mass is 16.6. The van der Waals surface area contributed by atoms with Crippen LogP contribution in [0.3, 0.4) is 0 Å². The van der Waals surface area contributed by atoms with Gasteiger partial charge < -0.3 is 24.4 Å². The molecule has 6 heteroatoms. The van der Waals surface area contributed by atoms with Gasteiger partial charge in [0.25, 0.3) is 0 Å². The second-order valence-electron chi connectivity index (χ2n) is 5.84. The molecule has 1 amide bonds. The zero-order chi connectivity index (χ0) is 16.1. The average Bonchev–Trinajstić information content (AvgIpc) is 2.91. The number of hydrogen-bond donors (Lipinski definition) is 1. The van der Waals surface area contributed by atoms with Gasteiger partial charge in [0.1, 0.15) is 0 Å². The van der Waals surface area contributed by atoms with Gasteiger partial charge in [0, 0.05) is 32.1 Å². The fraction of sp³-hybridized carbons (Fsp3) is 0.588. The van der Waals surface area contributed by atoms with Crippen LogP contribution < -0.4 is 14.8 Å². The Morgan fingerprint density at radius 3 is 3.00 bits per heavy atom. The Kier molecular flexibility index (Phi) is 5.23. The van der Waals surface area contributed by atoms with E-state index < -0.39 is 0 Å². The lowest BCUT2D eigenvalue weighted by Crippen LogP contribution is -2.35. The Balaban J connectivity index is 1.51. The molecule has 23 heavy (non-hydrogen) atoms. The molecule has 1 atom stereocenters. The van der Waals surface area contributed by atoms with Crippen LogP contribution in [0.5, 0.6) is 11.5 Å². The molecule has 1 saturated heterocycles. The maximum absolute atomic E-state index is 11.7. The van der Waals surface area contributed by atoms with E-state index >= 15 is 0 Å². The van der Waals surface area contributed by atoms with Gasteiger partial charge in [0.15, 0.2) is 11.5 Å². The summed E-state index contributed by atoms with van der Waals surface area (Å²) in [5.74, 6) is 1.64. The van der Waals surface area contributed by atoms with E-state index in [0.29, 0.717) is 32.4 Å². The summed E-state index contributed by atoms with van der Waals surface area (Å²) >= 11 is 0. The number of hydrogen-bond acceptors (Lipinski definition) is 5. The molecule has 2 aliphatic heterocycles. The number of fused-ring (bicyclic) bond motifs is 1. The second kappa shape index (κ2) is 7.55. The third-order valence-electron chi connectivity index (χ3n) is 4.12. The molecule has 1 aromatic rings. The first-order valence-corrected chi connectivity index (χ1v) is 8.30. The SMILES string of the molecule is CCOC(=O)N1CC[C@@H](NCc2ccc3c(c2)OCCCO3)C1. The van der Waals surface area contributed by atoms with Crippen LogP contribution in [0.25, 0.3) is 0 Å². The number of likely N-dealkylation sites (tertiary alicyclic amines) is 1. The van der Waals surface area contributed by atoms with Gasteiger partial charge in [-0.05, 0) is 31.0 Å². The molecule has 0 aliphatic carbocycles. The normalized spacial score (nSPS) is 20.2. The molecule has 1 N–H and O–H groups in total. The van der Waals surface area contributed by atoms with E-state index in [9.17, 15) is 4.79 Å². The highest BCUT2D eigenvalue weighted by Crippen LogP contribution is 2.30. The van der Waals surface area contributed by atoms with Crippen molar-refractivity contribution in [2.75, 3.05) is 32.9 Å². The lowest BCUT2D eigenvalue weighted by atomic mass is 10.1. The third-order valence-corrected chi connectivity index (χ3v) is 4.12. The molecule has 126 valence electrons. The van der Waals surface area contributed by atoms with Crippen molar-refractivity contribution in [1.29, 1.82) is 0 Å². The quantitative estimate of drug-likeness (QED) is 0.921. The summed E-state index contributed by atoms with van der Waals surface area (Å²) in [6, 6.07) is 6.36. The van der Waals surface area contributed by atoms with Crippen LogP contribution in [0, 0.1) is 0 Å². The number of amides is 1. The van der Waals surface area contributed by atoms with E-state index in [1.165, 1.54) is 0 Å². The van der Waals surface area contributed by atoms with E-state index in [1.807, 2.05) is 19.1 Å². The molecule has 0 saturated carbocycles. The minimum absolute atomic E-state index is 0.215. The highest BCUT2D eigenvalue weighted by Gasteiger charge is 2.26. The molecule has 0 aromatic heterocycles. The van der Waals surface area contributed by atoms with E-state index in [0.717, 1.165) is 43.0 Å². The Morgan fingerprint density at radius 1 is 1.35 bits per heavy atom. The van der Waals surface area contributed by atoms with Crippen LogP contribution in [0.2, 0.25) is 0 Å². The zero-order valence-corrected chi connectivity index (χ0v) is 13.5. The van der Waals surface area contributed by atoms with Crippen molar-refractivity contribution < 1.29 is 19.0 Å². The van der Waals surface area contributed by atoms with Gasteiger partial charge in [-0.25, -0.2) is 4.79 Å². The Morgan fingerprint density at radius 2 is 2.17 bits per heavy atom. The summed E-state index contributed by atoms with van der Waals surface area (Å²) in [6.45, 7) is 5.84. The number of carbonyl (C=O) groups excluding carboxylic acids is 1. The van der Waals surface area contributed by atoms with Crippen molar-refractivity contribution in [1.82, 2.24) is 10.2 Å². The van der Waals surface area contributed by atoms with E-state index in [2.05, 4.69) is 11.4 Å². The number of ether oxygens (including phenoxy) is 3. The average molecular weight is 320 g/mol. The highest BCUT2D eigenvalue weighted by molar-refractivity contribution is 5.68. The number of carbonyl (C=O) groups is 1. The van der Waals surface area contributed by atoms with Gasteiger partial charge in [-0.3, -0.25) is 0 Å². The van der Waals surface area contributed by atoms with E-state index in [1.54, 1.807) is 4.90 Å². The Labute approximate surface area is 136 Å². The van der Waals surface area contributed by atoms with Crippen molar-refractivity contribution in [2.45, 2.75) is 32.4 Å². The predicted octanol–water partition coefficient (Wildman–Crippen LogP) is 2.17. The topological polar surface area (TPSA) is 60.0 Å². The summed E-state index contributed by atoms with van der Waals surface area (Å²) in [4.78, 5) is 13.5. The van der Waals surface area contributed by atoms with Gasteiger partial charge in [-0.2, -0.15) is 0 Å². The molecule has 0 bridgehead atoms. The van der Waals surface area contributed by atoms with Gasteiger partial charge in [-0.15, -0.1) is 0 Å². The maximum atomic E-state index is 11.7. The fourth-order valence-corrected chi connectivity index (χ4v) is 2.89. The van der Waals surface area contributed by atoms with Crippen LogP contribution in [0.1, 0.15) is 25.3 Å². The van der Waals surface area contributed by atoms with Gasteiger partial charge >= 0.3 is 6.09 Å². The monoisotopic (exact) mass is 320 g/mol. The number of rotatable bonds is 4. The lowest BCUT2D eigenvalue weighted by Gasteiger charge is -2.16. The van der Waals surface area contributed by atoms with E-state index in [4.69, 9.17) is 14.2 Å². The minimum atomic E-state index is -0.215. The van der Waals surface area contributed by atoms with Crippen molar-refractivity contribution in [2.24, 2.45) is 0 Å². The van der Waals surface area contributed by atoms with Crippen LogP contribution >= 0.6 is 0 Å². The smallest absolute Gasteiger partial charge is 0.409 e. The van der Waals surface area contributed by atoms with Crippen molar-refractivity contribution in [3.8, 4) is 11.5 Å². The summed E-state index contributed by atoms with van der Waals surface area (Å²) in [5.41, 5.74) is 1.16. The molecule has 0 radical (unpaired) electrons. The molecule has 6 nitrogen and oxygen atoms in total. The molecular weight excluding hydrogens is 296 g/mol. The van der Waals surface area contributed by atoms with Crippen molar-refractivity contribution in [3.05, 3.63) is 23.8 Å². The predicted molar refractivity (Wildman–Crippen MR) is 85.9 cm³/mol. The fourth-order valence-electron chi connectivity index (χ4n) is 2.89. The summed E-state index contributed by atoms with van der Waals surface area (Å²) in [5, 5.41) is 3.50. The molecule has 1 aromatic carbocycles. The van der Waals surface area contributed by atoms with Crippen LogP contribution in [0.4, 0.5) is 4.79 Å². The van der Waals surface area contributed by atoms with Gasteiger partial charge in [0.2, 0.25) is 0 Å². The van der Waals surface area contributed by atoms with Crippen LogP contribution in [-0.4, -0.2) is 49.9 Å². The maximum Gasteiger partial charge on any atom is 0.409 e. The first-order valence-electron chi connectivity index (χ1n) is 8.30. The van der Waals surface area contributed by atoms with Crippen molar-refractivity contribution >= 4 is 6.09 Å². The number of nitrogens with one attached hydrogen (secondary N) is 1. The molecule has 2 heterocycles. The second-order valence-corrected chi connectivity index (χ2v) is 5.84. The summed E-state index contributed by atoms with van der Waals surface area (Å²) < 4.78 is 16.4. The summed E-state index contributed by atoms with van der Waals surface area (Å²) in [6.07, 6.45) is 1.64. The molecular formula is C17H24N2O4. The molecule has 3 rings (SSSR count). The first-order chi connectivity index (χ1) is 11.3. The van der Waals surface area contributed by atoms with Crippen LogP contribution in [-0.2, 0) is 11.3 Å². The summed E-state index contributed by atoms with van der Waals surface area (Å²) in [7, 11) is 0. The largest absolute Gasteiger partial charge is 0.490 e. The zero-order valence-electron chi connectivity index (χ0n) is 13.5. The Hall–Kier alpha value is -1.95. The van der Waals surface area contributed by atoms with Crippen LogP contribution in [0.15, 0.2) is 18.2 Å². The molecule has 0 spiro atoms. The standard InChI is InChI=1S/C17H24N2O4/c1-2-21-17(20)19-7-6-14(12-19)18-11-13-4-5-15-16(10-13)23-9-3-8-22-15/h4-5,10,14,18H,2-3,6-9,11-12H2,1H3/t14-/m1/s1. The van der Waals surface area contributed by atoms with Gasteiger partial charge in [-0.1, -0.05) is 6.07 Å². The molecule has 2 aliphatic rings. The molecule has 0 unspecified atom stereocenters. The number of nitrogens with zero attached hydrogens (tertiary/aromatic N) is 1. The first kappa shape index (κ1) is 15.9. The Bertz CT molecular complexity index is 549. The van der Waals surface area contributed by atoms with Crippen molar-refractivity contribution in [3.63, 3.8) is 0 Å². The third kappa shape index (κ3) is 4.07. The van der Waals surface area contributed by atoms with E-state index in [-0.39, 0.29) is 6.09 Å². The molecule has 1 fully saturated rings.